The normalized spacial score (nSPS) is 20.9. The van der Waals surface area contributed by atoms with Crippen LogP contribution in [0.15, 0.2) is 36.7 Å². The van der Waals surface area contributed by atoms with Gasteiger partial charge in [0, 0.05) is 37.8 Å². The first-order valence-corrected chi connectivity index (χ1v) is 10.2. The molecule has 1 N–H and O–H groups in total. The standard InChI is InChI=1S/C22H30N4O2/c1-25-15-17(14-24-25)16-26-11-8-22(9-12-26)13-19(22)21(27)23-10-7-18-5-3-4-6-20(18)28-2/h3-6,14-15,19H,7-13,16H2,1-2H3,(H,23,27). The van der Waals surface area contributed by atoms with Gasteiger partial charge in [-0.1, -0.05) is 18.2 Å². The maximum atomic E-state index is 12.6. The van der Waals surface area contributed by atoms with Crippen molar-refractivity contribution in [2.45, 2.75) is 32.2 Å². The van der Waals surface area contributed by atoms with E-state index in [9.17, 15) is 4.79 Å². The van der Waals surface area contributed by atoms with E-state index < -0.39 is 0 Å². The van der Waals surface area contributed by atoms with Crippen molar-refractivity contribution >= 4 is 5.91 Å². The van der Waals surface area contributed by atoms with E-state index in [4.69, 9.17) is 4.74 Å². The number of nitrogens with zero attached hydrogens (tertiary/aromatic N) is 3. The van der Waals surface area contributed by atoms with Gasteiger partial charge in [0.25, 0.3) is 0 Å². The molecule has 1 atom stereocenters. The fourth-order valence-electron chi connectivity index (χ4n) is 4.59. The summed E-state index contributed by atoms with van der Waals surface area (Å²) in [4.78, 5) is 15.1. The number of aromatic nitrogens is 2. The SMILES string of the molecule is COc1ccccc1CCNC(=O)C1CC12CCN(Cc1cnn(C)c1)CC2. The Bertz CT molecular complexity index is 823. The first kappa shape index (κ1) is 19.0. The van der Waals surface area contributed by atoms with E-state index >= 15 is 0 Å². The van der Waals surface area contributed by atoms with Crippen LogP contribution in [0.3, 0.4) is 0 Å². The Labute approximate surface area is 166 Å². The fraction of sp³-hybridized carbons (Fsp3) is 0.545. The molecule has 6 nitrogen and oxygen atoms in total. The van der Waals surface area contributed by atoms with Crippen LogP contribution in [0.25, 0.3) is 0 Å². The Morgan fingerprint density at radius 2 is 2.11 bits per heavy atom. The number of methoxy groups -OCH3 is 1. The number of rotatable bonds is 7. The largest absolute Gasteiger partial charge is 0.496 e. The van der Waals surface area contributed by atoms with Gasteiger partial charge in [0.15, 0.2) is 0 Å². The number of piperidine rings is 1. The lowest BCUT2D eigenvalue weighted by Crippen LogP contribution is -2.37. The zero-order valence-electron chi connectivity index (χ0n) is 16.9. The maximum Gasteiger partial charge on any atom is 0.223 e. The fourth-order valence-corrected chi connectivity index (χ4v) is 4.59. The van der Waals surface area contributed by atoms with Crippen LogP contribution in [-0.4, -0.2) is 47.3 Å². The first-order valence-electron chi connectivity index (χ1n) is 10.2. The predicted octanol–water partition coefficient (Wildman–Crippen LogP) is 2.39. The van der Waals surface area contributed by atoms with Crippen molar-refractivity contribution in [2.75, 3.05) is 26.7 Å². The van der Waals surface area contributed by atoms with E-state index in [1.807, 2.05) is 36.1 Å². The highest BCUT2D eigenvalue weighted by Gasteiger charge is 2.58. The average molecular weight is 383 g/mol. The average Bonchev–Trinajstić information content (AvgIpc) is 3.26. The van der Waals surface area contributed by atoms with Gasteiger partial charge in [-0.2, -0.15) is 5.10 Å². The summed E-state index contributed by atoms with van der Waals surface area (Å²) in [5, 5.41) is 7.40. The van der Waals surface area contributed by atoms with Crippen LogP contribution < -0.4 is 10.1 Å². The molecule has 1 unspecified atom stereocenters. The molecule has 2 heterocycles. The molecule has 1 saturated carbocycles. The molecule has 1 amide bonds. The number of carbonyl (C=O) groups excluding carboxylic acids is 1. The molecule has 1 saturated heterocycles. The maximum absolute atomic E-state index is 12.6. The van der Waals surface area contributed by atoms with E-state index in [2.05, 4.69) is 27.6 Å². The molecule has 1 aliphatic heterocycles. The molecule has 1 aliphatic carbocycles. The lowest BCUT2D eigenvalue weighted by molar-refractivity contribution is -0.123. The monoisotopic (exact) mass is 382 g/mol. The Balaban J connectivity index is 1.21. The molecule has 2 aliphatic rings. The Morgan fingerprint density at radius 3 is 2.82 bits per heavy atom. The molecule has 0 radical (unpaired) electrons. The van der Waals surface area contributed by atoms with Gasteiger partial charge in [0.2, 0.25) is 5.91 Å². The number of para-hydroxylation sites is 1. The smallest absolute Gasteiger partial charge is 0.223 e. The summed E-state index contributed by atoms with van der Waals surface area (Å²) in [6.07, 6.45) is 8.12. The molecule has 2 fully saturated rings. The number of amides is 1. The first-order chi connectivity index (χ1) is 13.6. The second-order valence-electron chi connectivity index (χ2n) is 8.27. The molecule has 1 aromatic heterocycles. The Hall–Kier alpha value is -2.34. The summed E-state index contributed by atoms with van der Waals surface area (Å²) in [6, 6.07) is 8.00. The quantitative estimate of drug-likeness (QED) is 0.799. The molecular formula is C22H30N4O2. The third-order valence-corrected chi connectivity index (χ3v) is 6.41. The lowest BCUT2D eigenvalue weighted by atomic mass is 9.90. The van der Waals surface area contributed by atoms with Gasteiger partial charge in [0.05, 0.1) is 13.3 Å². The summed E-state index contributed by atoms with van der Waals surface area (Å²) >= 11 is 0. The number of ether oxygens (including phenoxy) is 1. The van der Waals surface area contributed by atoms with Crippen LogP contribution in [0.4, 0.5) is 0 Å². The zero-order chi connectivity index (χ0) is 19.6. The second-order valence-corrected chi connectivity index (χ2v) is 8.27. The summed E-state index contributed by atoms with van der Waals surface area (Å²) in [5.74, 6) is 1.32. The van der Waals surface area contributed by atoms with Crippen molar-refractivity contribution in [3.63, 3.8) is 0 Å². The van der Waals surface area contributed by atoms with Crippen LogP contribution in [0.1, 0.15) is 30.4 Å². The molecule has 28 heavy (non-hydrogen) atoms. The second kappa shape index (κ2) is 7.95. The Kier molecular flexibility index (Phi) is 5.40. The molecule has 1 aromatic carbocycles. The highest BCUT2D eigenvalue weighted by atomic mass is 16.5. The molecule has 6 heteroatoms. The minimum Gasteiger partial charge on any atom is -0.496 e. The molecule has 2 aromatic rings. The highest BCUT2D eigenvalue weighted by molar-refractivity contribution is 5.82. The minimum absolute atomic E-state index is 0.200. The number of nitrogens with one attached hydrogen (secondary N) is 1. The van der Waals surface area contributed by atoms with Crippen molar-refractivity contribution in [2.24, 2.45) is 18.4 Å². The number of aryl methyl sites for hydroxylation is 1. The van der Waals surface area contributed by atoms with E-state index in [-0.39, 0.29) is 17.2 Å². The van der Waals surface area contributed by atoms with Crippen LogP contribution in [0.5, 0.6) is 5.75 Å². The third kappa shape index (κ3) is 4.07. The molecular weight excluding hydrogens is 352 g/mol. The Morgan fingerprint density at radius 1 is 1.32 bits per heavy atom. The summed E-state index contributed by atoms with van der Waals surface area (Å²) < 4.78 is 7.24. The minimum atomic E-state index is 0.200. The topological polar surface area (TPSA) is 59.4 Å². The lowest BCUT2D eigenvalue weighted by Gasteiger charge is -2.32. The van der Waals surface area contributed by atoms with Crippen molar-refractivity contribution < 1.29 is 9.53 Å². The molecule has 1 spiro atoms. The number of hydrogen-bond donors (Lipinski definition) is 1. The third-order valence-electron chi connectivity index (χ3n) is 6.41. The van der Waals surface area contributed by atoms with E-state index in [0.29, 0.717) is 6.54 Å². The van der Waals surface area contributed by atoms with Gasteiger partial charge in [-0.15, -0.1) is 0 Å². The number of hydrogen-bond acceptors (Lipinski definition) is 4. The highest BCUT2D eigenvalue weighted by Crippen LogP contribution is 2.59. The summed E-state index contributed by atoms with van der Waals surface area (Å²) in [5.41, 5.74) is 2.65. The molecule has 150 valence electrons. The van der Waals surface area contributed by atoms with Gasteiger partial charge in [-0.25, -0.2) is 0 Å². The van der Waals surface area contributed by atoms with Crippen LogP contribution in [0, 0.1) is 11.3 Å². The van der Waals surface area contributed by atoms with Gasteiger partial charge < -0.3 is 10.1 Å². The van der Waals surface area contributed by atoms with Gasteiger partial charge >= 0.3 is 0 Å². The number of likely N-dealkylation sites (tertiary alicyclic amines) is 1. The predicted molar refractivity (Wildman–Crippen MR) is 108 cm³/mol. The number of benzene rings is 1. The molecule has 4 rings (SSSR count). The van der Waals surface area contributed by atoms with Gasteiger partial charge in [-0.05, 0) is 55.8 Å². The zero-order valence-corrected chi connectivity index (χ0v) is 16.9. The van der Waals surface area contributed by atoms with Crippen molar-refractivity contribution in [1.82, 2.24) is 20.0 Å². The van der Waals surface area contributed by atoms with E-state index in [1.54, 1.807) is 7.11 Å². The van der Waals surface area contributed by atoms with Gasteiger partial charge in [-0.3, -0.25) is 14.4 Å². The van der Waals surface area contributed by atoms with Crippen LogP contribution >= 0.6 is 0 Å². The van der Waals surface area contributed by atoms with Crippen LogP contribution in [0.2, 0.25) is 0 Å². The van der Waals surface area contributed by atoms with Crippen molar-refractivity contribution in [3.8, 4) is 5.75 Å². The van der Waals surface area contributed by atoms with Crippen molar-refractivity contribution in [1.29, 1.82) is 0 Å². The molecule has 0 bridgehead atoms. The van der Waals surface area contributed by atoms with Gasteiger partial charge in [0.1, 0.15) is 5.75 Å². The summed E-state index contributed by atoms with van der Waals surface area (Å²) in [7, 11) is 3.64. The van der Waals surface area contributed by atoms with Crippen LogP contribution in [-0.2, 0) is 24.8 Å². The van der Waals surface area contributed by atoms with E-state index in [0.717, 1.165) is 56.6 Å². The number of carbonyl (C=O) groups is 1. The van der Waals surface area contributed by atoms with E-state index in [1.165, 1.54) is 5.56 Å². The summed E-state index contributed by atoms with van der Waals surface area (Å²) in [6.45, 7) is 3.76. The van der Waals surface area contributed by atoms with Crippen molar-refractivity contribution in [3.05, 3.63) is 47.8 Å².